The molecule has 2 saturated heterocycles. The van der Waals surface area contributed by atoms with Gasteiger partial charge in [-0.05, 0) is 49.8 Å². The quantitative estimate of drug-likeness (QED) is 0.933. The van der Waals surface area contributed by atoms with Gasteiger partial charge in [-0.3, -0.25) is 0 Å². The van der Waals surface area contributed by atoms with E-state index in [-0.39, 0.29) is 23.9 Å². The summed E-state index contributed by atoms with van der Waals surface area (Å²) in [5, 5.41) is 3.13. The topological polar surface area (TPSA) is 41.6 Å². The number of carbonyl (C=O) groups is 1. The fourth-order valence-corrected chi connectivity index (χ4v) is 3.31. The van der Waals surface area contributed by atoms with Gasteiger partial charge in [0.2, 0.25) is 0 Å². The number of hydrogen-bond acceptors (Lipinski definition) is 2. The van der Waals surface area contributed by atoms with E-state index in [0.29, 0.717) is 0 Å². The van der Waals surface area contributed by atoms with Gasteiger partial charge in [-0.15, -0.1) is 0 Å². The van der Waals surface area contributed by atoms with Crippen LogP contribution >= 0.6 is 0 Å². The van der Waals surface area contributed by atoms with Crippen molar-refractivity contribution >= 4 is 6.03 Å². The Hall–Kier alpha value is -1.62. The van der Waals surface area contributed by atoms with Crippen molar-refractivity contribution < 1.29 is 13.9 Å². The first-order valence-electron chi connectivity index (χ1n) is 8.12. The first-order valence-corrected chi connectivity index (χ1v) is 8.12. The van der Waals surface area contributed by atoms with E-state index in [1.54, 1.807) is 0 Å². The SMILES string of the molecule is O=C(NC1CCOCC1)N1CCCC1Cc1ccc(F)cc1. The summed E-state index contributed by atoms with van der Waals surface area (Å²) in [7, 11) is 0. The minimum Gasteiger partial charge on any atom is -0.381 e. The summed E-state index contributed by atoms with van der Waals surface area (Å²) >= 11 is 0. The average molecular weight is 306 g/mol. The number of hydrogen-bond donors (Lipinski definition) is 1. The van der Waals surface area contributed by atoms with Crippen molar-refractivity contribution in [2.24, 2.45) is 0 Å². The Morgan fingerprint density at radius 1 is 1.23 bits per heavy atom. The van der Waals surface area contributed by atoms with E-state index in [0.717, 1.165) is 57.4 Å². The molecule has 1 aromatic rings. The molecule has 4 nitrogen and oxygen atoms in total. The Kier molecular flexibility index (Phi) is 4.93. The molecule has 2 aliphatic rings. The van der Waals surface area contributed by atoms with Gasteiger partial charge in [0.15, 0.2) is 0 Å². The minimum atomic E-state index is -0.218. The highest BCUT2D eigenvalue weighted by Crippen LogP contribution is 2.22. The van der Waals surface area contributed by atoms with Gasteiger partial charge in [0.1, 0.15) is 5.82 Å². The highest BCUT2D eigenvalue weighted by atomic mass is 19.1. The van der Waals surface area contributed by atoms with Gasteiger partial charge in [0.25, 0.3) is 0 Å². The van der Waals surface area contributed by atoms with Gasteiger partial charge in [-0.1, -0.05) is 12.1 Å². The zero-order chi connectivity index (χ0) is 15.4. The largest absolute Gasteiger partial charge is 0.381 e. The van der Waals surface area contributed by atoms with Crippen LogP contribution in [0.15, 0.2) is 24.3 Å². The third-order valence-corrected chi connectivity index (χ3v) is 4.57. The molecule has 1 unspecified atom stereocenters. The lowest BCUT2D eigenvalue weighted by atomic mass is 10.0. The maximum Gasteiger partial charge on any atom is 0.317 e. The summed E-state index contributed by atoms with van der Waals surface area (Å²) < 4.78 is 18.3. The number of ether oxygens (including phenoxy) is 1. The summed E-state index contributed by atoms with van der Waals surface area (Å²) in [5.41, 5.74) is 1.08. The number of carbonyl (C=O) groups excluding carboxylic acids is 1. The molecule has 2 amide bonds. The van der Waals surface area contributed by atoms with Crippen molar-refractivity contribution in [1.82, 2.24) is 10.2 Å². The molecular weight excluding hydrogens is 283 g/mol. The number of benzene rings is 1. The summed E-state index contributed by atoms with van der Waals surface area (Å²) in [4.78, 5) is 14.4. The number of likely N-dealkylation sites (tertiary alicyclic amines) is 1. The lowest BCUT2D eigenvalue weighted by Crippen LogP contribution is -2.48. The maximum absolute atomic E-state index is 13.0. The summed E-state index contributed by atoms with van der Waals surface area (Å²) in [6.07, 6.45) is 4.62. The standard InChI is InChI=1S/C17H23FN2O2/c18-14-5-3-13(4-6-14)12-16-2-1-9-20(16)17(21)19-15-7-10-22-11-8-15/h3-6,15-16H,1-2,7-12H2,(H,19,21). The monoisotopic (exact) mass is 306 g/mol. The van der Waals surface area contributed by atoms with Gasteiger partial charge in [-0.25, -0.2) is 9.18 Å². The van der Waals surface area contributed by atoms with Gasteiger partial charge in [-0.2, -0.15) is 0 Å². The van der Waals surface area contributed by atoms with Gasteiger partial charge in [0, 0.05) is 31.8 Å². The van der Waals surface area contributed by atoms with E-state index in [1.807, 2.05) is 17.0 Å². The summed E-state index contributed by atoms with van der Waals surface area (Å²) in [6.45, 7) is 2.26. The molecule has 0 bridgehead atoms. The molecule has 3 rings (SSSR count). The van der Waals surface area contributed by atoms with Crippen LogP contribution in [0.4, 0.5) is 9.18 Å². The van der Waals surface area contributed by atoms with Gasteiger partial charge in [0.05, 0.1) is 0 Å². The van der Waals surface area contributed by atoms with Crippen molar-refractivity contribution in [1.29, 1.82) is 0 Å². The first-order chi connectivity index (χ1) is 10.7. The Balaban J connectivity index is 1.57. The molecule has 22 heavy (non-hydrogen) atoms. The lowest BCUT2D eigenvalue weighted by molar-refractivity contribution is 0.0778. The van der Waals surface area contributed by atoms with E-state index in [1.165, 1.54) is 12.1 Å². The van der Waals surface area contributed by atoms with Crippen molar-refractivity contribution in [3.63, 3.8) is 0 Å². The smallest absolute Gasteiger partial charge is 0.317 e. The molecular formula is C17H23FN2O2. The number of nitrogens with zero attached hydrogens (tertiary/aromatic N) is 1. The van der Waals surface area contributed by atoms with Crippen LogP contribution in [0.3, 0.4) is 0 Å². The third kappa shape index (κ3) is 3.77. The van der Waals surface area contributed by atoms with E-state index in [9.17, 15) is 9.18 Å². The van der Waals surface area contributed by atoms with Crippen LogP contribution in [-0.4, -0.2) is 42.8 Å². The Bertz CT molecular complexity index is 500. The molecule has 5 heteroatoms. The van der Waals surface area contributed by atoms with Crippen molar-refractivity contribution in [3.8, 4) is 0 Å². The number of amides is 2. The maximum atomic E-state index is 13.0. The highest BCUT2D eigenvalue weighted by molar-refractivity contribution is 5.75. The Morgan fingerprint density at radius 3 is 2.68 bits per heavy atom. The van der Waals surface area contributed by atoms with E-state index < -0.39 is 0 Å². The molecule has 2 aliphatic heterocycles. The average Bonchev–Trinajstić information content (AvgIpc) is 2.99. The number of nitrogens with one attached hydrogen (secondary N) is 1. The van der Waals surface area contributed by atoms with Crippen molar-refractivity contribution in [2.75, 3.05) is 19.8 Å². The fraction of sp³-hybridized carbons (Fsp3) is 0.588. The van der Waals surface area contributed by atoms with Gasteiger partial charge >= 0.3 is 6.03 Å². The van der Waals surface area contributed by atoms with Crippen LogP contribution in [-0.2, 0) is 11.2 Å². The molecule has 2 heterocycles. The molecule has 0 radical (unpaired) electrons. The zero-order valence-corrected chi connectivity index (χ0v) is 12.8. The van der Waals surface area contributed by atoms with E-state index in [2.05, 4.69) is 5.32 Å². The first kappa shape index (κ1) is 15.3. The number of halogens is 1. The van der Waals surface area contributed by atoms with E-state index >= 15 is 0 Å². The second-order valence-corrected chi connectivity index (χ2v) is 6.16. The van der Waals surface area contributed by atoms with Crippen LogP contribution in [0.1, 0.15) is 31.2 Å². The molecule has 0 aromatic heterocycles. The van der Waals surface area contributed by atoms with Crippen molar-refractivity contribution in [3.05, 3.63) is 35.6 Å². The van der Waals surface area contributed by atoms with Crippen LogP contribution in [0.25, 0.3) is 0 Å². The summed E-state index contributed by atoms with van der Waals surface area (Å²) in [6, 6.07) is 7.06. The molecule has 1 aromatic carbocycles. The lowest BCUT2D eigenvalue weighted by Gasteiger charge is -2.29. The predicted molar refractivity (Wildman–Crippen MR) is 82.2 cm³/mol. The van der Waals surface area contributed by atoms with Crippen LogP contribution in [0, 0.1) is 5.82 Å². The molecule has 1 N–H and O–H groups in total. The van der Waals surface area contributed by atoms with Crippen LogP contribution in [0.5, 0.6) is 0 Å². The van der Waals surface area contributed by atoms with Crippen LogP contribution < -0.4 is 5.32 Å². The van der Waals surface area contributed by atoms with Gasteiger partial charge < -0.3 is 15.0 Å². The number of rotatable bonds is 3. The molecule has 120 valence electrons. The highest BCUT2D eigenvalue weighted by Gasteiger charge is 2.30. The Morgan fingerprint density at radius 2 is 1.95 bits per heavy atom. The minimum absolute atomic E-state index is 0.0384. The molecule has 2 fully saturated rings. The van der Waals surface area contributed by atoms with Crippen LogP contribution in [0.2, 0.25) is 0 Å². The number of urea groups is 1. The molecule has 1 atom stereocenters. The second kappa shape index (κ2) is 7.09. The normalized spacial score (nSPS) is 22.8. The third-order valence-electron chi connectivity index (χ3n) is 4.57. The predicted octanol–water partition coefficient (Wildman–Crippen LogP) is 2.72. The second-order valence-electron chi connectivity index (χ2n) is 6.16. The molecule has 0 saturated carbocycles. The molecule has 0 aliphatic carbocycles. The van der Waals surface area contributed by atoms with E-state index in [4.69, 9.17) is 4.74 Å². The van der Waals surface area contributed by atoms with Crippen molar-refractivity contribution in [2.45, 2.75) is 44.2 Å². The summed E-state index contributed by atoms with van der Waals surface area (Å²) in [5.74, 6) is -0.218. The molecule has 0 spiro atoms. The zero-order valence-electron chi connectivity index (χ0n) is 12.8. The Labute approximate surface area is 130 Å². The fourth-order valence-electron chi connectivity index (χ4n) is 3.31.